The molecule has 0 saturated carbocycles. The molecule has 0 fully saturated rings. The van der Waals surface area contributed by atoms with Gasteiger partial charge in [0.15, 0.2) is 11.5 Å². The van der Waals surface area contributed by atoms with Crippen molar-refractivity contribution in [1.82, 2.24) is 9.97 Å². The molecule has 2 aromatic rings. The van der Waals surface area contributed by atoms with Crippen molar-refractivity contribution in [3.63, 3.8) is 0 Å². The fourth-order valence-corrected chi connectivity index (χ4v) is 1.89. The molecule has 0 aliphatic heterocycles. The monoisotopic (exact) mass is 306 g/mol. The van der Waals surface area contributed by atoms with Gasteiger partial charge >= 0.3 is 0 Å². The number of aromatic nitrogens is 2. The zero-order valence-electron chi connectivity index (χ0n) is 9.67. The van der Waals surface area contributed by atoms with E-state index in [4.69, 9.17) is 4.74 Å². The Hall–Kier alpha value is -1.88. The summed E-state index contributed by atoms with van der Waals surface area (Å²) in [4.78, 5) is 7.93. The van der Waals surface area contributed by atoms with Crippen molar-refractivity contribution in [2.24, 2.45) is 0 Å². The summed E-state index contributed by atoms with van der Waals surface area (Å²) >= 11 is 3.27. The van der Waals surface area contributed by atoms with Gasteiger partial charge in [-0.3, -0.25) is 0 Å². The molecule has 0 aliphatic rings. The predicted octanol–water partition coefficient (Wildman–Crippen LogP) is 3.12. The second kappa shape index (κ2) is 5.64. The van der Waals surface area contributed by atoms with Gasteiger partial charge in [0.2, 0.25) is 0 Å². The number of methoxy groups -OCH3 is 1. The molecule has 0 bridgehead atoms. The lowest BCUT2D eigenvalue weighted by molar-refractivity contribution is 0.372. The van der Waals surface area contributed by atoms with E-state index in [1.807, 2.05) is 18.2 Å². The molecule has 0 unspecified atom stereocenters. The number of phenolic OH excluding ortho intramolecular Hbond substituents is 1. The number of hydrogen-bond acceptors (Lipinski definition) is 4. The summed E-state index contributed by atoms with van der Waals surface area (Å²) in [7, 11) is 1.51. The summed E-state index contributed by atoms with van der Waals surface area (Å²) in [5.74, 6) is 0.517. The summed E-state index contributed by atoms with van der Waals surface area (Å²) in [5, 5.41) is 9.69. The lowest BCUT2D eigenvalue weighted by atomic mass is 10.1. The number of benzene rings is 1. The summed E-state index contributed by atoms with van der Waals surface area (Å²) in [6.45, 7) is 0. The molecule has 0 radical (unpaired) electrons. The molecule has 92 valence electrons. The SMILES string of the molecule is COc1cc(C=Cc2ccncn2)cc(Br)c1O. The Kier molecular flexibility index (Phi) is 3.94. The molecule has 18 heavy (non-hydrogen) atoms. The first kappa shape index (κ1) is 12.6. The first-order valence-corrected chi connectivity index (χ1v) is 6.00. The zero-order chi connectivity index (χ0) is 13.0. The maximum absolute atomic E-state index is 9.69. The predicted molar refractivity (Wildman–Crippen MR) is 73.3 cm³/mol. The van der Waals surface area contributed by atoms with Crippen LogP contribution in [0.2, 0.25) is 0 Å². The summed E-state index contributed by atoms with van der Waals surface area (Å²) in [6, 6.07) is 5.36. The van der Waals surface area contributed by atoms with Gasteiger partial charge in [-0.05, 0) is 45.8 Å². The van der Waals surface area contributed by atoms with Gasteiger partial charge in [-0.25, -0.2) is 9.97 Å². The smallest absolute Gasteiger partial charge is 0.172 e. The topological polar surface area (TPSA) is 55.2 Å². The van der Waals surface area contributed by atoms with Crippen molar-refractivity contribution in [2.45, 2.75) is 0 Å². The number of phenols is 1. The van der Waals surface area contributed by atoms with E-state index in [9.17, 15) is 5.11 Å². The van der Waals surface area contributed by atoms with Crippen LogP contribution >= 0.6 is 15.9 Å². The minimum atomic E-state index is 0.0942. The van der Waals surface area contributed by atoms with E-state index in [1.165, 1.54) is 13.4 Å². The quantitative estimate of drug-likeness (QED) is 0.946. The Morgan fingerprint density at radius 2 is 2.17 bits per heavy atom. The van der Waals surface area contributed by atoms with Crippen LogP contribution in [-0.4, -0.2) is 22.2 Å². The Balaban J connectivity index is 2.30. The van der Waals surface area contributed by atoms with Gasteiger partial charge in [0, 0.05) is 6.20 Å². The maximum Gasteiger partial charge on any atom is 0.172 e. The van der Waals surface area contributed by atoms with Gasteiger partial charge in [-0.1, -0.05) is 6.08 Å². The summed E-state index contributed by atoms with van der Waals surface area (Å²) in [5.41, 5.74) is 1.71. The van der Waals surface area contributed by atoms with Gasteiger partial charge in [0.1, 0.15) is 6.33 Å². The first-order chi connectivity index (χ1) is 8.70. The zero-order valence-corrected chi connectivity index (χ0v) is 11.3. The van der Waals surface area contributed by atoms with Crippen molar-refractivity contribution < 1.29 is 9.84 Å². The highest BCUT2D eigenvalue weighted by Gasteiger charge is 2.06. The number of rotatable bonds is 3. The van der Waals surface area contributed by atoms with Crippen LogP contribution in [0.15, 0.2) is 35.2 Å². The molecular formula is C13H11BrN2O2. The third kappa shape index (κ3) is 2.87. The highest BCUT2D eigenvalue weighted by molar-refractivity contribution is 9.10. The van der Waals surface area contributed by atoms with Crippen molar-refractivity contribution in [1.29, 1.82) is 0 Å². The molecule has 1 heterocycles. The number of nitrogens with zero attached hydrogens (tertiary/aromatic N) is 2. The molecule has 1 aromatic heterocycles. The molecule has 1 N–H and O–H groups in total. The molecule has 0 spiro atoms. The molecular weight excluding hydrogens is 296 g/mol. The molecule has 4 nitrogen and oxygen atoms in total. The van der Waals surface area contributed by atoms with E-state index >= 15 is 0 Å². The number of halogens is 1. The van der Waals surface area contributed by atoms with Crippen molar-refractivity contribution in [3.8, 4) is 11.5 Å². The van der Waals surface area contributed by atoms with Crippen LogP contribution in [0.3, 0.4) is 0 Å². The lowest BCUT2D eigenvalue weighted by Gasteiger charge is -2.06. The minimum absolute atomic E-state index is 0.0942. The third-order valence-corrected chi connectivity index (χ3v) is 2.93. The highest BCUT2D eigenvalue weighted by Crippen LogP contribution is 2.35. The Labute approximate surface area is 113 Å². The van der Waals surface area contributed by atoms with Crippen LogP contribution in [0.5, 0.6) is 11.5 Å². The number of ether oxygens (including phenoxy) is 1. The standard InChI is InChI=1S/C13H11BrN2O2/c1-18-12-7-9(6-11(14)13(12)17)2-3-10-4-5-15-8-16-10/h2-8,17H,1H3. The fourth-order valence-electron chi connectivity index (χ4n) is 1.43. The van der Waals surface area contributed by atoms with E-state index in [0.717, 1.165) is 11.3 Å². The van der Waals surface area contributed by atoms with Crippen LogP contribution in [0.1, 0.15) is 11.3 Å². The second-order valence-electron chi connectivity index (χ2n) is 3.52. The summed E-state index contributed by atoms with van der Waals surface area (Å²) < 4.78 is 5.67. The fraction of sp³-hybridized carbons (Fsp3) is 0.0769. The van der Waals surface area contributed by atoms with E-state index in [-0.39, 0.29) is 5.75 Å². The number of hydrogen-bond donors (Lipinski definition) is 1. The van der Waals surface area contributed by atoms with Gasteiger partial charge < -0.3 is 9.84 Å². The second-order valence-corrected chi connectivity index (χ2v) is 4.38. The molecule has 2 rings (SSSR count). The van der Waals surface area contributed by atoms with Crippen LogP contribution in [0, 0.1) is 0 Å². The minimum Gasteiger partial charge on any atom is -0.503 e. The van der Waals surface area contributed by atoms with Crippen molar-refractivity contribution in [3.05, 3.63) is 46.5 Å². The summed E-state index contributed by atoms with van der Waals surface area (Å²) in [6.07, 6.45) is 6.92. The first-order valence-electron chi connectivity index (χ1n) is 5.21. The Morgan fingerprint density at radius 3 is 2.83 bits per heavy atom. The maximum atomic E-state index is 9.69. The van der Waals surface area contributed by atoms with E-state index < -0.39 is 0 Å². The lowest BCUT2D eigenvalue weighted by Crippen LogP contribution is -1.86. The average molecular weight is 307 g/mol. The Morgan fingerprint density at radius 1 is 1.33 bits per heavy atom. The highest BCUT2D eigenvalue weighted by atomic mass is 79.9. The molecule has 0 amide bonds. The van der Waals surface area contributed by atoms with Gasteiger partial charge in [-0.15, -0.1) is 0 Å². The van der Waals surface area contributed by atoms with Crippen LogP contribution < -0.4 is 4.74 Å². The van der Waals surface area contributed by atoms with Crippen LogP contribution in [-0.2, 0) is 0 Å². The van der Waals surface area contributed by atoms with Gasteiger partial charge in [0.25, 0.3) is 0 Å². The number of aromatic hydroxyl groups is 1. The molecule has 0 atom stereocenters. The van der Waals surface area contributed by atoms with E-state index in [2.05, 4.69) is 25.9 Å². The van der Waals surface area contributed by atoms with Crippen LogP contribution in [0.4, 0.5) is 0 Å². The molecule has 0 saturated heterocycles. The normalized spacial score (nSPS) is 10.8. The van der Waals surface area contributed by atoms with Gasteiger partial charge in [-0.2, -0.15) is 0 Å². The Bertz CT molecular complexity index is 571. The molecule has 5 heteroatoms. The molecule has 0 aliphatic carbocycles. The van der Waals surface area contributed by atoms with Crippen molar-refractivity contribution >= 4 is 28.1 Å². The van der Waals surface area contributed by atoms with E-state index in [1.54, 1.807) is 18.3 Å². The van der Waals surface area contributed by atoms with Crippen LogP contribution in [0.25, 0.3) is 12.2 Å². The third-order valence-electron chi connectivity index (χ3n) is 2.32. The van der Waals surface area contributed by atoms with Gasteiger partial charge in [0.05, 0.1) is 17.3 Å². The largest absolute Gasteiger partial charge is 0.503 e. The average Bonchev–Trinajstić information content (AvgIpc) is 2.41. The van der Waals surface area contributed by atoms with Crippen molar-refractivity contribution in [2.75, 3.05) is 7.11 Å². The molecule has 1 aromatic carbocycles. The van der Waals surface area contributed by atoms with E-state index in [0.29, 0.717) is 10.2 Å².